The second-order valence-corrected chi connectivity index (χ2v) is 5.81. The van der Waals surface area contributed by atoms with Gasteiger partial charge in [-0.1, -0.05) is 50.5 Å². The summed E-state index contributed by atoms with van der Waals surface area (Å²) in [5.41, 5.74) is 1.19. The molecular weight excluding hydrogens is 240 g/mol. The third-order valence-electron chi connectivity index (χ3n) is 4.54. The van der Waals surface area contributed by atoms with E-state index in [1.165, 1.54) is 0 Å². The van der Waals surface area contributed by atoms with Gasteiger partial charge in [-0.15, -0.1) is 0 Å². The summed E-state index contributed by atoms with van der Waals surface area (Å²) in [4.78, 5) is 11.0. The number of allylic oxidation sites excluding steroid dienone is 2. The fourth-order valence-corrected chi connectivity index (χ4v) is 3.65. The zero-order valence-electron chi connectivity index (χ0n) is 9.65. The number of hydrogen-bond acceptors (Lipinski definition) is 1. The molecule has 80 valence electrons. The molecule has 0 amide bonds. The van der Waals surface area contributed by atoms with Crippen LogP contribution in [0.1, 0.15) is 41.0 Å². The van der Waals surface area contributed by atoms with E-state index in [9.17, 15) is 4.79 Å². The van der Waals surface area contributed by atoms with Crippen molar-refractivity contribution in [1.82, 2.24) is 0 Å². The van der Waals surface area contributed by atoms with Crippen LogP contribution in [0.5, 0.6) is 0 Å². The highest BCUT2D eigenvalue weighted by Crippen LogP contribution is 2.61. The lowest BCUT2D eigenvalue weighted by Gasteiger charge is -2.41. The van der Waals surface area contributed by atoms with Gasteiger partial charge < -0.3 is 0 Å². The third-order valence-corrected chi connectivity index (χ3v) is 5.88. The van der Waals surface area contributed by atoms with Gasteiger partial charge in [-0.25, -0.2) is 0 Å². The van der Waals surface area contributed by atoms with E-state index in [1.807, 2.05) is 0 Å². The molecule has 2 heteroatoms. The highest BCUT2D eigenvalue weighted by atomic mass is 79.9. The maximum Gasteiger partial charge on any atom is 0.147 e. The Kier molecular flexibility index (Phi) is 2.97. The molecule has 0 bridgehead atoms. The summed E-state index contributed by atoms with van der Waals surface area (Å²) in [6.07, 6.45) is 2.07. The summed E-state index contributed by atoms with van der Waals surface area (Å²) in [6.45, 7) is 11.1. The maximum atomic E-state index is 11.0. The highest BCUT2D eigenvalue weighted by molar-refractivity contribution is 9.11. The normalized spacial score (nSPS) is 36.3. The maximum absolute atomic E-state index is 11.0. The van der Waals surface area contributed by atoms with Gasteiger partial charge in [0.15, 0.2) is 0 Å². The van der Waals surface area contributed by atoms with Gasteiger partial charge in [-0.05, 0) is 17.8 Å². The SMILES string of the molecule is CCC1(C)C(Br)=C(C=O)C(C)C1(C)C. The van der Waals surface area contributed by atoms with Crippen molar-refractivity contribution in [2.24, 2.45) is 16.7 Å². The number of hydrogen-bond donors (Lipinski definition) is 0. The second kappa shape index (κ2) is 3.48. The van der Waals surface area contributed by atoms with Gasteiger partial charge in [0.25, 0.3) is 0 Å². The molecule has 0 aromatic heterocycles. The average Bonchev–Trinajstić information content (AvgIpc) is 2.27. The molecule has 0 radical (unpaired) electrons. The van der Waals surface area contributed by atoms with E-state index in [-0.39, 0.29) is 10.8 Å². The first-order chi connectivity index (χ1) is 6.32. The summed E-state index contributed by atoms with van der Waals surface area (Å²) in [6, 6.07) is 0. The predicted octanol–water partition coefficient (Wildman–Crippen LogP) is 3.93. The topological polar surface area (TPSA) is 17.1 Å². The molecule has 0 N–H and O–H groups in total. The first-order valence-corrected chi connectivity index (χ1v) is 5.97. The monoisotopic (exact) mass is 258 g/mol. The van der Waals surface area contributed by atoms with Crippen LogP contribution in [-0.2, 0) is 4.79 Å². The lowest BCUT2D eigenvalue weighted by atomic mass is 9.64. The molecule has 0 spiro atoms. The molecular formula is C12H19BrO. The number of rotatable bonds is 2. The van der Waals surface area contributed by atoms with Crippen LogP contribution in [-0.4, -0.2) is 6.29 Å². The van der Waals surface area contributed by atoms with Crippen LogP contribution in [0.2, 0.25) is 0 Å². The molecule has 2 atom stereocenters. The Hall–Kier alpha value is -0.110. The summed E-state index contributed by atoms with van der Waals surface area (Å²) in [7, 11) is 0. The van der Waals surface area contributed by atoms with E-state index >= 15 is 0 Å². The van der Waals surface area contributed by atoms with Crippen LogP contribution in [0.4, 0.5) is 0 Å². The van der Waals surface area contributed by atoms with Crippen LogP contribution < -0.4 is 0 Å². The quantitative estimate of drug-likeness (QED) is 0.687. The van der Waals surface area contributed by atoms with Gasteiger partial charge in [0.2, 0.25) is 0 Å². The first-order valence-electron chi connectivity index (χ1n) is 5.18. The van der Waals surface area contributed by atoms with Crippen LogP contribution >= 0.6 is 15.9 Å². The molecule has 0 saturated carbocycles. The Labute approximate surface area is 95.1 Å². The van der Waals surface area contributed by atoms with Gasteiger partial charge in [-0.2, -0.15) is 0 Å². The number of aldehydes is 1. The zero-order chi connectivity index (χ0) is 11.1. The smallest absolute Gasteiger partial charge is 0.147 e. The third kappa shape index (κ3) is 1.23. The summed E-state index contributed by atoms with van der Waals surface area (Å²) < 4.78 is 1.11. The molecule has 1 rings (SSSR count). The Morgan fingerprint density at radius 2 is 1.93 bits per heavy atom. The van der Waals surface area contributed by atoms with Crippen molar-refractivity contribution >= 4 is 22.2 Å². The Morgan fingerprint density at radius 3 is 2.14 bits per heavy atom. The number of halogens is 1. The number of carbonyl (C=O) groups excluding carboxylic acids is 1. The lowest BCUT2D eigenvalue weighted by Crippen LogP contribution is -2.34. The van der Waals surface area contributed by atoms with E-state index in [0.717, 1.165) is 22.8 Å². The minimum atomic E-state index is 0.0999. The molecule has 0 saturated heterocycles. The Morgan fingerprint density at radius 1 is 1.43 bits per heavy atom. The molecule has 14 heavy (non-hydrogen) atoms. The lowest BCUT2D eigenvalue weighted by molar-refractivity contribution is -0.105. The van der Waals surface area contributed by atoms with E-state index < -0.39 is 0 Å². The van der Waals surface area contributed by atoms with Crippen molar-refractivity contribution in [3.05, 3.63) is 10.1 Å². The van der Waals surface area contributed by atoms with Crippen molar-refractivity contribution in [1.29, 1.82) is 0 Å². The van der Waals surface area contributed by atoms with Gasteiger partial charge in [-0.3, -0.25) is 4.79 Å². The predicted molar refractivity (Wildman–Crippen MR) is 63.4 cm³/mol. The van der Waals surface area contributed by atoms with Crippen molar-refractivity contribution in [2.45, 2.75) is 41.0 Å². The number of carbonyl (C=O) groups is 1. The van der Waals surface area contributed by atoms with Crippen LogP contribution in [0.15, 0.2) is 10.1 Å². The molecule has 1 aliphatic rings. The van der Waals surface area contributed by atoms with E-state index in [4.69, 9.17) is 0 Å². The average molecular weight is 259 g/mol. The molecule has 1 nitrogen and oxygen atoms in total. The Bertz CT molecular complexity index is 291. The Balaban J connectivity index is 3.32. The molecule has 1 aliphatic carbocycles. The van der Waals surface area contributed by atoms with Crippen molar-refractivity contribution in [3.8, 4) is 0 Å². The summed E-state index contributed by atoms with van der Waals surface area (Å²) >= 11 is 3.61. The summed E-state index contributed by atoms with van der Waals surface area (Å²) in [5, 5.41) is 0. The molecule has 0 aromatic carbocycles. The molecule has 0 fully saturated rings. The van der Waals surface area contributed by atoms with E-state index in [1.54, 1.807) is 0 Å². The highest BCUT2D eigenvalue weighted by Gasteiger charge is 2.52. The molecule has 0 aliphatic heterocycles. The molecule has 0 aromatic rings. The minimum absolute atomic E-state index is 0.0999. The first kappa shape index (κ1) is 12.0. The zero-order valence-corrected chi connectivity index (χ0v) is 11.2. The van der Waals surface area contributed by atoms with E-state index in [2.05, 4.69) is 50.5 Å². The van der Waals surface area contributed by atoms with Crippen molar-refractivity contribution < 1.29 is 4.79 Å². The van der Waals surface area contributed by atoms with Gasteiger partial charge in [0.05, 0.1) is 0 Å². The van der Waals surface area contributed by atoms with E-state index in [0.29, 0.717) is 5.92 Å². The second-order valence-electron chi connectivity index (χ2n) is 5.02. The van der Waals surface area contributed by atoms with Gasteiger partial charge in [0.1, 0.15) is 6.29 Å². The van der Waals surface area contributed by atoms with Crippen LogP contribution in [0, 0.1) is 16.7 Å². The summed E-state index contributed by atoms with van der Waals surface area (Å²) in [5.74, 6) is 0.333. The van der Waals surface area contributed by atoms with Crippen molar-refractivity contribution in [3.63, 3.8) is 0 Å². The fourth-order valence-electron chi connectivity index (χ4n) is 2.42. The minimum Gasteiger partial charge on any atom is -0.298 e. The largest absolute Gasteiger partial charge is 0.298 e. The van der Waals surface area contributed by atoms with Gasteiger partial charge >= 0.3 is 0 Å². The van der Waals surface area contributed by atoms with Gasteiger partial charge in [0, 0.05) is 15.5 Å². The molecule has 2 unspecified atom stereocenters. The molecule has 0 heterocycles. The van der Waals surface area contributed by atoms with Crippen LogP contribution in [0.25, 0.3) is 0 Å². The fraction of sp³-hybridized carbons (Fsp3) is 0.750. The van der Waals surface area contributed by atoms with Crippen LogP contribution in [0.3, 0.4) is 0 Å². The standard InChI is InChI=1S/C12H19BrO/c1-6-12(5)10(13)9(7-14)8(2)11(12,3)4/h7-8H,6H2,1-5H3. The van der Waals surface area contributed by atoms with Crippen molar-refractivity contribution in [2.75, 3.05) is 0 Å².